The number of hydrogen-bond donors (Lipinski definition) is 0. The topological polar surface area (TPSA) is 62.1 Å². The normalized spacial score (nSPS) is 16.0. The molecular weight excluding hydrogens is 376 g/mol. The molecule has 28 heavy (non-hydrogen) atoms. The molecule has 1 aromatic heterocycles. The van der Waals surface area contributed by atoms with E-state index >= 15 is 0 Å². The molecule has 0 fully saturated rings. The lowest BCUT2D eigenvalue weighted by Crippen LogP contribution is -2.36. The summed E-state index contributed by atoms with van der Waals surface area (Å²) in [6.07, 6.45) is 4.73. The van der Waals surface area contributed by atoms with E-state index < -0.39 is 12.0 Å². The van der Waals surface area contributed by atoms with Crippen LogP contribution in [0.5, 0.6) is 17.2 Å². The smallest absolute Gasteiger partial charge is 0.292 e. The van der Waals surface area contributed by atoms with Gasteiger partial charge in [0.1, 0.15) is 12.4 Å². The number of para-hydroxylation sites is 2. The van der Waals surface area contributed by atoms with Crippen molar-refractivity contribution in [3.8, 4) is 29.6 Å². The largest absolute Gasteiger partial charge is 0.494 e. The van der Waals surface area contributed by atoms with Crippen LogP contribution in [0.15, 0.2) is 47.5 Å². The quantitative estimate of drug-likeness (QED) is 0.639. The van der Waals surface area contributed by atoms with E-state index in [1.54, 1.807) is 12.1 Å². The Morgan fingerprint density at radius 3 is 2.96 bits per heavy atom. The Kier molecular flexibility index (Phi) is 5.04. The molecule has 0 aliphatic carbocycles. The Balaban J connectivity index is 1.69. The van der Waals surface area contributed by atoms with E-state index in [1.807, 2.05) is 41.8 Å². The third kappa shape index (κ3) is 3.47. The number of terminal acetylenes is 1. The van der Waals surface area contributed by atoms with E-state index in [1.165, 1.54) is 11.3 Å². The van der Waals surface area contributed by atoms with Crippen LogP contribution in [-0.4, -0.2) is 29.8 Å². The average Bonchev–Trinajstić information content (AvgIpc) is 3.04. The fraction of sp³-hybridized carbons (Fsp3) is 0.238. The third-order valence-corrected chi connectivity index (χ3v) is 5.25. The first-order valence-electron chi connectivity index (χ1n) is 8.86. The number of carbonyl (C=O) groups is 1. The van der Waals surface area contributed by atoms with Crippen molar-refractivity contribution in [1.29, 1.82) is 0 Å². The summed E-state index contributed by atoms with van der Waals surface area (Å²) in [6.45, 7) is 2.94. The fourth-order valence-corrected chi connectivity index (χ4v) is 4.01. The molecular formula is C21H18N2O4S. The lowest BCUT2D eigenvalue weighted by atomic mass is 10.2. The summed E-state index contributed by atoms with van der Waals surface area (Å²) in [7, 11) is 0. The summed E-state index contributed by atoms with van der Waals surface area (Å²) in [5.74, 6) is 4.14. The number of carbonyl (C=O) groups excluding carboxylic acids is 1. The molecule has 1 aliphatic heterocycles. The number of hydrogen-bond acceptors (Lipinski definition) is 5. The number of nitrogens with zero attached hydrogens (tertiary/aromatic N) is 2. The van der Waals surface area contributed by atoms with Gasteiger partial charge < -0.3 is 18.8 Å². The van der Waals surface area contributed by atoms with Crippen LogP contribution in [0.4, 0.5) is 0 Å². The van der Waals surface area contributed by atoms with Crippen molar-refractivity contribution < 1.29 is 19.0 Å². The molecule has 0 bridgehead atoms. The van der Waals surface area contributed by atoms with Crippen LogP contribution in [-0.2, 0) is 11.3 Å². The van der Waals surface area contributed by atoms with Crippen molar-refractivity contribution in [2.24, 2.45) is 4.99 Å². The van der Waals surface area contributed by atoms with Gasteiger partial charge in [-0.15, -0.1) is 6.42 Å². The molecule has 0 unspecified atom stereocenters. The van der Waals surface area contributed by atoms with Gasteiger partial charge in [-0.05, 0) is 37.3 Å². The maximum Gasteiger partial charge on any atom is 0.292 e. The second-order valence-electron chi connectivity index (χ2n) is 6.05. The van der Waals surface area contributed by atoms with Crippen LogP contribution in [0.3, 0.4) is 0 Å². The zero-order valence-corrected chi connectivity index (χ0v) is 16.1. The standard InChI is InChI=1S/C21H18N2O4S/c1-3-11-23-15-10-9-14(25-4-2)12-19(15)28-21(23)22-20(24)18-13-26-16-7-5-6-8-17(16)27-18/h1,5-10,12,18H,4,11,13H2,2H3/t18-/m1/s1. The minimum absolute atomic E-state index is 0.119. The van der Waals surface area contributed by atoms with Gasteiger partial charge in [0.2, 0.25) is 6.10 Å². The first kappa shape index (κ1) is 18.1. The van der Waals surface area contributed by atoms with E-state index in [2.05, 4.69) is 10.9 Å². The van der Waals surface area contributed by atoms with Crippen molar-refractivity contribution in [3.63, 3.8) is 0 Å². The number of amides is 1. The van der Waals surface area contributed by atoms with Crippen molar-refractivity contribution in [2.75, 3.05) is 13.2 Å². The molecule has 0 saturated carbocycles. The van der Waals surface area contributed by atoms with E-state index in [9.17, 15) is 4.79 Å². The van der Waals surface area contributed by atoms with Gasteiger partial charge in [-0.2, -0.15) is 4.99 Å². The van der Waals surface area contributed by atoms with Crippen molar-refractivity contribution in [2.45, 2.75) is 19.6 Å². The van der Waals surface area contributed by atoms with Crippen LogP contribution in [0, 0.1) is 12.3 Å². The predicted octanol–water partition coefficient (Wildman–Crippen LogP) is 3.00. The maximum atomic E-state index is 12.7. The minimum Gasteiger partial charge on any atom is -0.494 e. The SMILES string of the molecule is C#CCn1c(=NC(=O)[C@H]2COc3ccccc3O2)sc2cc(OCC)ccc21. The Morgan fingerprint density at radius 1 is 1.36 bits per heavy atom. The Bertz CT molecular complexity index is 1140. The second-order valence-corrected chi connectivity index (χ2v) is 7.06. The van der Waals surface area contributed by atoms with Crippen LogP contribution in [0.1, 0.15) is 6.92 Å². The number of benzene rings is 2. The molecule has 0 spiro atoms. The zero-order chi connectivity index (χ0) is 19.5. The molecule has 4 rings (SSSR count). The molecule has 3 aromatic rings. The number of thiazole rings is 1. The predicted molar refractivity (Wildman–Crippen MR) is 107 cm³/mol. The monoisotopic (exact) mass is 394 g/mol. The van der Waals surface area contributed by atoms with Gasteiger partial charge in [0, 0.05) is 0 Å². The van der Waals surface area contributed by atoms with E-state index in [4.69, 9.17) is 20.6 Å². The Morgan fingerprint density at radius 2 is 2.18 bits per heavy atom. The summed E-state index contributed by atoms with van der Waals surface area (Å²) in [4.78, 5) is 17.5. The summed E-state index contributed by atoms with van der Waals surface area (Å²) < 4.78 is 19.7. The number of fused-ring (bicyclic) bond motifs is 2. The van der Waals surface area contributed by atoms with E-state index in [0.29, 0.717) is 29.5 Å². The Hall–Kier alpha value is -3.24. The van der Waals surface area contributed by atoms with Gasteiger partial charge in [0.05, 0.1) is 23.4 Å². The number of ether oxygens (including phenoxy) is 3. The lowest BCUT2D eigenvalue weighted by Gasteiger charge is -2.23. The number of rotatable bonds is 4. The highest BCUT2D eigenvalue weighted by atomic mass is 32.1. The summed E-state index contributed by atoms with van der Waals surface area (Å²) >= 11 is 1.39. The summed E-state index contributed by atoms with van der Waals surface area (Å²) in [5.41, 5.74) is 0.907. The van der Waals surface area contributed by atoms with Crippen LogP contribution >= 0.6 is 11.3 Å². The van der Waals surface area contributed by atoms with Crippen molar-refractivity contribution in [1.82, 2.24) is 4.57 Å². The molecule has 1 amide bonds. The van der Waals surface area contributed by atoms with Gasteiger partial charge in [-0.1, -0.05) is 29.4 Å². The van der Waals surface area contributed by atoms with Gasteiger partial charge in [0.25, 0.3) is 5.91 Å². The van der Waals surface area contributed by atoms with Crippen LogP contribution < -0.4 is 19.0 Å². The van der Waals surface area contributed by atoms with Gasteiger partial charge in [-0.3, -0.25) is 4.79 Å². The van der Waals surface area contributed by atoms with Gasteiger partial charge in [0.15, 0.2) is 16.3 Å². The molecule has 0 N–H and O–H groups in total. The first-order valence-corrected chi connectivity index (χ1v) is 9.68. The number of aromatic nitrogens is 1. The highest BCUT2D eigenvalue weighted by molar-refractivity contribution is 7.16. The third-order valence-electron chi connectivity index (χ3n) is 4.20. The summed E-state index contributed by atoms with van der Waals surface area (Å²) in [5, 5.41) is 0. The molecule has 2 aromatic carbocycles. The Labute approximate surface area is 166 Å². The van der Waals surface area contributed by atoms with Crippen molar-refractivity contribution in [3.05, 3.63) is 47.3 Å². The molecule has 6 nitrogen and oxygen atoms in total. The highest BCUT2D eigenvalue weighted by Crippen LogP contribution is 2.31. The first-order chi connectivity index (χ1) is 13.7. The highest BCUT2D eigenvalue weighted by Gasteiger charge is 2.27. The molecule has 2 heterocycles. The van der Waals surface area contributed by atoms with E-state index in [0.717, 1.165) is 16.0 Å². The van der Waals surface area contributed by atoms with E-state index in [-0.39, 0.29) is 6.61 Å². The molecule has 7 heteroatoms. The fourth-order valence-electron chi connectivity index (χ4n) is 2.95. The van der Waals surface area contributed by atoms with Gasteiger partial charge in [-0.25, -0.2) is 0 Å². The van der Waals surface area contributed by atoms with Crippen LogP contribution in [0.25, 0.3) is 10.2 Å². The van der Waals surface area contributed by atoms with Crippen molar-refractivity contribution >= 4 is 27.5 Å². The lowest BCUT2D eigenvalue weighted by molar-refractivity contribution is -0.127. The maximum absolute atomic E-state index is 12.7. The van der Waals surface area contributed by atoms with Gasteiger partial charge >= 0.3 is 0 Å². The second kappa shape index (κ2) is 7.79. The zero-order valence-electron chi connectivity index (χ0n) is 15.3. The molecule has 0 saturated heterocycles. The summed E-state index contributed by atoms with van der Waals surface area (Å²) in [6, 6.07) is 13.0. The minimum atomic E-state index is -0.793. The average molecular weight is 394 g/mol. The van der Waals surface area contributed by atoms with Crippen LogP contribution in [0.2, 0.25) is 0 Å². The molecule has 142 valence electrons. The molecule has 1 atom stereocenters. The molecule has 1 aliphatic rings. The molecule has 0 radical (unpaired) electrons.